The maximum atomic E-state index is 11.9. The van der Waals surface area contributed by atoms with E-state index in [1.54, 1.807) is 12.1 Å². The summed E-state index contributed by atoms with van der Waals surface area (Å²) < 4.78 is 27.7. The molecule has 0 radical (unpaired) electrons. The highest BCUT2D eigenvalue weighted by molar-refractivity contribution is 9.11. The third-order valence-electron chi connectivity index (χ3n) is 1.99. The van der Waals surface area contributed by atoms with Gasteiger partial charge in [0.25, 0.3) is 0 Å². The van der Waals surface area contributed by atoms with Crippen LogP contribution in [0.5, 0.6) is 0 Å². The molecule has 1 aromatic rings. The molecule has 0 bridgehead atoms. The van der Waals surface area contributed by atoms with Crippen molar-refractivity contribution in [2.24, 2.45) is 5.92 Å². The smallest absolute Gasteiger partial charge is 0.208 e. The minimum Gasteiger partial charge on any atom is -0.208 e. The van der Waals surface area contributed by atoms with Crippen molar-refractivity contribution in [1.29, 1.82) is 0 Å². The number of sulfonamides is 1. The predicted molar refractivity (Wildman–Crippen MR) is 71.3 cm³/mol. The Balaban J connectivity index is 2.73. The van der Waals surface area contributed by atoms with Gasteiger partial charge in [-0.25, -0.2) is 13.1 Å². The van der Waals surface area contributed by atoms with Crippen molar-refractivity contribution in [1.82, 2.24) is 4.72 Å². The summed E-state index contributed by atoms with van der Waals surface area (Å²) in [5.41, 5.74) is 0. The number of thiophene rings is 1. The van der Waals surface area contributed by atoms with Gasteiger partial charge in [-0.3, -0.25) is 0 Å². The van der Waals surface area contributed by atoms with E-state index < -0.39 is 10.0 Å². The van der Waals surface area contributed by atoms with Crippen molar-refractivity contribution in [2.75, 3.05) is 0 Å². The topological polar surface area (TPSA) is 46.2 Å². The highest BCUT2D eigenvalue weighted by Crippen LogP contribution is 2.26. The van der Waals surface area contributed by atoms with Gasteiger partial charge in [-0.2, -0.15) is 0 Å². The van der Waals surface area contributed by atoms with E-state index in [-0.39, 0.29) is 6.04 Å². The zero-order valence-electron chi connectivity index (χ0n) is 9.53. The Bertz CT molecular complexity index is 439. The Morgan fingerprint density at radius 3 is 2.44 bits per heavy atom. The van der Waals surface area contributed by atoms with E-state index in [1.807, 2.05) is 6.92 Å². The molecule has 92 valence electrons. The van der Waals surface area contributed by atoms with Crippen LogP contribution in [0, 0.1) is 5.92 Å². The van der Waals surface area contributed by atoms with Crippen molar-refractivity contribution < 1.29 is 8.42 Å². The SMILES string of the molecule is CC(C)CC(C)NS(=O)(=O)c1ccc(Br)s1. The number of hydrogen-bond donors (Lipinski definition) is 1. The average molecular weight is 326 g/mol. The van der Waals surface area contributed by atoms with Crippen molar-refractivity contribution >= 4 is 37.3 Å². The highest BCUT2D eigenvalue weighted by atomic mass is 79.9. The third-order valence-corrected chi connectivity index (χ3v) is 5.70. The first-order valence-electron chi connectivity index (χ1n) is 5.09. The maximum Gasteiger partial charge on any atom is 0.250 e. The van der Waals surface area contributed by atoms with E-state index in [0.717, 1.165) is 10.2 Å². The van der Waals surface area contributed by atoms with Crippen LogP contribution in [0.15, 0.2) is 20.1 Å². The van der Waals surface area contributed by atoms with Gasteiger partial charge in [-0.15, -0.1) is 11.3 Å². The first-order valence-corrected chi connectivity index (χ1v) is 8.18. The molecular formula is C10H16BrNO2S2. The molecule has 0 spiro atoms. The maximum absolute atomic E-state index is 11.9. The molecular weight excluding hydrogens is 310 g/mol. The first-order chi connectivity index (χ1) is 7.31. The molecule has 1 heterocycles. The summed E-state index contributed by atoms with van der Waals surface area (Å²) in [6.07, 6.45) is 0.839. The Labute approximate surface area is 109 Å². The summed E-state index contributed by atoms with van der Waals surface area (Å²) in [6, 6.07) is 3.32. The van der Waals surface area contributed by atoms with Crippen LogP contribution in [0.3, 0.4) is 0 Å². The van der Waals surface area contributed by atoms with E-state index in [1.165, 1.54) is 11.3 Å². The second-order valence-electron chi connectivity index (χ2n) is 4.21. The van der Waals surface area contributed by atoms with Gasteiger partial charge in [-0.1, -0.05) is 13.8 Å². The summed E-state index contributed by atoms with van der Waals surface area (Å²) in [5, 5.41) is 0. The zero-order valence-corrected chi connectivity index (χ0v) is 12.7. The quantitative estimate of drug-likeness (QED) is 0.903. The lowest BCUT2D eigenvalue weighted by Crippen LogP contribution is -2.33. The summed E-state index contributed by atoms with van der Waals surface area (Å²) in [4.78, 5) is 0. The van der Waals surface area contributed by atoms with Crippen molar-refractivity contribution in [2.45, 2.75) is 37.4 Å². The van der Waals surface area contributed by atoms with Crippen LogP contribution in [-0.2, 0) is 10.0 Å². The standard InChI is InChI=1S/C10H16BrNO2S2/c1-7(2)6-8(3)12-16(13,14)10-5-4-9(11)15-10/h4-5,7-8,12H,6H2,1-3H3. The van der Waals surface area contributed by atoms with Gasteiger partial charge in [-0.05, 0) is 47.3 Å². The summed E-state index contributed by atoms with van der Waals surface area (Å²) in [6.45, 7) is 6.04. The van der Waals surface area contributed by atoms with Gasteiger partial charge >= 0.3 is 0 Å². The Morgan fingerprint density at radius 2 is 2.00 bits per heavy atom. The molecule has 0 amide bonds. The molecule has 1 unspecified atom stereocenters. The van der Waals surface area contributed by atoms with Crippen LogP contribution in [0.1, 0.15) is 27.2 Å². The Kier molecular flexibility index (Phi) is 4.97. The Hall–Kier alpha value is 0.0900. The van der Waals surface area contributed by atoms with Gasteiger partial charge in [0.1, 0.15) is 4.21 Å². The molecule has 0 saturated heterocycles. The molecule has 0 fully saturated rings. The van der Waals surface area contributed by atoms with E-state index in [0.29, 0.717) is 10.1 Å². The molecule has 16 heavy (non-hydrogen) atoms. The summed E-state index contributed by atoms with van der Waals surface area (Å²) >= 11 is 4.48. The number of rotatable bonds is 5. The predicted octanol–water partition coefficient (Wildman–Crippen LogP) is 3.22. The van der Waals surface area contributed by atoms with Gasteiger partial charge in [0.15, 0.2) is 0 Å². The molecule has 1 N–H and O–H groups in total. The van der Waals surface area contributed by atoms with Crippen LogP contribution in [0.25, 0.3) is 0 Å². The normalized spacial score (nSPS) is 14.3. The van der Waals surface area contributed by atoms with Crippen LogP contribution in [0.4, 0.5) is 0 Å². The lowest BCUT2D eigenvalue weighted by Gasteiger charge is -2.15. The van der Waals surface area contributed by atoms with Gasteiger partial charge in [0.2, 0.25) is 10.0 Å². The second-order valence-corrected chi connectivity index (χ2v) is 8.61. The molecule has 0 aliphatic carbocycles. The monoisotopic (exact) mass is 325 g/mol. The zero-order chi connectivity index (χ0) is 12.3. The first kappa shape index (κ1) is 14.2. The molecule has 1 rings (SSSR count). The average Bonchev–Trinajstić information content (AvgIpc) is 2.49. The number of hydrogen-bond acceptors (Lipinski definition) is 3. The molecule has 0 aromatic carbocycles. The van der Waals surface area contributed by atoms with E-state index in [4.69, 9.17) is 0 Å². The third kappa shape index (κ3) is 4.16. The molecule has 6 heteroatoms. The summed E-state index contributed by atoms with van der Waals surface area (Å²) in [5.74, 6) is 0.479. The minimum absolute atomic E-state index is 0.0362. The number of halogens is 1. The fraction of sp³-hybridized carbons (Fsp3) is 0.600. The second kappa shape index (κ2) is 5.62. The molecule has 0 aliphatic heterocycles. The van der Waals surface area contributed by atoms with Crippen LogP contribution in [0.2, 0.25) is 0 Å². The molecule has 1 atom stereocenters. The molecule has 3 nitrogen and oxygen atoms in total. The molecule has 0 saturated carbocycles. The molecule has 1 aromatic heterocycles. The van der Waals surface area contributed by atoms with Crippen LogP contribution < -0.4 is 4.72 Å². The summed E-state index contributed by atoms with van der Waals surface area (Å²) in [7, 11) is -3.35. The number of nitrogens with one attached hydrogen (secondary N) is 1. The van der Waals surface area contributed by atoms with E-state index in [2.05, 4.69) is 34.5 Å². The fourth-order valence-electron chi connectivity index (χ4n) is 1.52. The fourth-order valence-corrected chi connectivity index (χ4v) is 4.80. The van der Waals surface area contributed by atoms with Crippen molar-refractivity contribution in [3.8, 4) is 0 Å². The highest BCUT2D eigenvalue weighted by Gasteiger charge is 2.19. The van der Waals surface area contributed by atoms with Crippen LogP contribution in [-0.4, -0.2) is 14.5 Å². The van der Waals surface area contributed by atoms with Crippen LogP contribution >= 0.6 is 27.3 Å². The lowest BCUT2D eigenvalue weighted by molar-refractivity contribution is 0.483. The lowest BCUT2D eigenvalue weighted by atomic mass is 10.1. The van der Waals surface area contributed by atoms with Crippen molar-refractivity contribution in [3.63, 3.8) is 0 Å². The van der Waals surface area contributed by atoms with Gasteiger partial charge in [0.05, 0.1) is 3.79 Å². The van der Waals surface area contributed by atoms with Gasteiger partial charge in [0, 0.05) is 6.04 Å². The molecule has 0 aliphatic rings. The van der Waals surface area contributed by atoms with Crippen molar-refractivity contribution in [3.05, 3.63) is 15.9 Å². The van der Waals surface area contributed by atoms with E-state index >= 15 is 0 Å². The van der Waals surface area contributed by atoms with E-state index in [9.17, 15) is 8.42 Å². The minimum atomic E-state index is -3.35. The van der Waals surface area contributed by atoms with Gasteiger partial charge < -0.3 is 0 Å². The Morgan fingerprint density at radius 1 is 1.38 bits per heavy atom. The largest absolute Gasteiger partial charge is 0.250 e.